The van der Waals surface area contributed by atoms with E-state index < -0.39 is 6.17 Å². The van der Waals surface area contributed by atoms with Gasteiger partial charge < -0.3 is 9.64 Å². The molecule has 2 saturated heterocycles. The maximum Gasteiger partial charge on any atom is 0.128 e. The molecule has 2 fully saturated rings. The van der Waals surface area contributed by atoms with Crippen LogP contribution in [0.4, 0.5) is 4.39 Å². The molecule has 2 rings (SSSR count). The van der Waals surface area contributed by atoms with E-state index in [1.807, 2.05) is 19.0 Å². The fraction of sp³-hybridized carbons (Fsp3) is 1.00. The molecule has 2 aliphatic rings. The predicted molar refractivity (Wildman–Crippen MR) is 98.3 cm³/mol. The molecule has 0 aromatic rings. The van der Waals surface area contributed by atoms with Crippen LogP contribution in [0.15, 0.2) is 0 Å². The number of hydrogen-bond donors (Lipinski definition) is 0. The van der Waals surface area contributed by atoms with Crippen LogP contribution in [0.5, 0.6) is 0 Å². The van der Waals surface area contributed by atoms with Crippen LogP contribution >= 0.6 is 0 Å². The highest BCUT2D eigenvalue weighted by Crippen LogP contribution is 2.23. The lowest BCUT2D eigenvalue weighted by molar-refractivity contribution is -0.0902. The van der Waals surface area contributed by atoms with E-state index in [2.05, 4.69) is 37.5 Å². The topological polar surface area (TPSA) is 19.0 Å². The van der Waals surface area contributed by atoms with Crippen LogP contribution in [0.2, 0.25) is 0 Å². The van der Waals surface area contributed by atoms with Crippen molar-refractivity contribution in [1.29, 1.82) is 0 Å². The summed E-state index contributed by atoms with van der Waals surface area (Å²) in [5, 5.41) is 0. The van der Waals surface area contributed by atoms with Gasteiger partial charge in [0.2, 0.25) is 0 Å². The quantitative estimate of drug-likeness (QED) is 0.738. The minimum absolute atomic E-state index is 0.0792. The lowest BCUT2D eigenvalue weighted by atomic mass is 9.98. The van der Waals surface area contributed by atoms with Crippen LogP contribution in [0.25, 0.3) is 0 Å². The maximum absolute atomic E-state index is 14.4. The average Bonchev–Trinajstić information content (AvgIpc) is 2.51. The predicted octanol–water partition coefficient (Wildman–Crippen LogP) is 2.63. The Labute approximate surface area is 148 Å². The van der Waals surface area contributed by atoms with Crippen molar-refractivity contribution in [3.63, 3.8) is 0 Å². The fourth-order valence-corrected chi connectivity index (χ4v) is 4.17. The Morgan fingerprint density at radius 2 is 1.83 bits per heavy atom. The van der Waals surface area contributed by atoms with Crippen molar-refractivity contribution < 1.29 is 9.13 Å². The summed E-state index contributed by atoms with van der Waals surface area (Å²) in [6, 6.07) is 1.09. The molecule has 0 aromatic heterocycles. The first kappa shape index (κ1) is 20.1. The molecule has 0 amide bonds. The Balaban J connectivity index is 1.77. The molecular weight excluding hydrogens is 305 g/mol. The Morgan fingerprint density at radius 1 is 1.12 bits per heavy atom. The fourth-order valence-electron chi connectivity index (χ4n) is 4.17. The summed E-state index contributed by atoms with van der Waals surface area (Å²) in [5.74, 6) is 0. The summed E-state index contributed by atoms with van der Waals surface area (Å²) < 4.78 is 20.5. The zero-order valence-electron chi connectivity index (χ0n) is 16.5. The highest BCUT2D eigenvalue weighted by atomic mass is 19.1. The standard InChI is InChI=1S/C19H38FN3O/c1-14(2)23-11-16(4)24-17(12-23)8-7-15(3)22-10-9-19(21(5)6)18(20)13-22/h14-19H,7-13H2,1-6H3/t15?,16-,17+,18?,19?/m1/s1. The lowest BCUT2D eigenvalue weighted by Gasteiger charge is -2.42. The van der Waals surface area contributed by atoms with E-state index in [9.17, 15) is 4.39 Å². The first-order chi connectivity index (χ1) is 11.3. The van der Waals surface area contributed by atoms with Gasteiger partial charge in [0.15, 0.2) is 0 Å². The van der Waals surface area contributed by atoms with Gasteiger partial charge >= 0.3 is 0 Å². The van der Waals surface area contributed by atoms with Crippen molar-refractivity contribution in [3.8, 4) is 0 Å². The molecule has 2 heterocycles. The number of morpholine rings is 1. The monoisotopic (exact) mass is 343 g/mol. The van der Waals surface area contributed by atoms with Gasteiger partial charge in [0, 0.05) is 44.3 Å². The summed E-state index contributed by atoms with van der Waals surface area (Å²) in [6.07, 6.45) is 2.98. The number of nitrogens with zero attached hydrogens (tertiary/aromatic N) is 3. The van der Waals surface area contributed by atoms with Crippen molar-refractivity contribution in [1.82, 2.24) is 14.7 Å². The zero-order valence-corrected chi connectivity index (χ0v) is 16.5. The average molecular weight is 344 g/mol. The maximum atomic E-state index is 14.4. The van der Waals surface area contributed by atoms with Crippen molar-refractivity contribution in [2.24, 2.45) is 0 Å². The van der Waals surface area contributed by atoms with Gasteiger partial charge in [-0.25, -0.2) is 4.39 Å². The third kappa shape index (κ3) is 5.38. The molecular formula is C19H38FN3O. The smallest absolute Gasteiger partial charge is 0.128 e. The van der Waals surface area contributed by atoms with Crippen LogP contribution in [0.1, 0.15) is 47.0 Å². The second kappa shape index (κ2) is 8.93. The molecule has 24 heavy (non-hydrogen) atoms. The number of rotatable bonds is 6. The Hall–Kier alpha value is -0.230. The molecule has 4 nitrogen and oxygen atoms in total. The van der Waals surface area contributed by atoms with E-state index in [-0.39, 0.29) is 6.04 Å². The van der Waals surface area contributed by atoms with E-state index in [4.69, 9.17) is 4.74 Å². The number of alkyl halides is 1. The number of halogens is 1. The number of hydrogen-bond acceptors (Lipinski definition) is 4. The zero-order chi connectivity index (χ0) is 17.9. The largest absolute Gasteiger partial charge is 0.373 e. The van der Waals surface area contributed by atoms with Crippen LogP contribution in [-0.2, 0) is 4.74 Å². The molecule has 2 aliphatic heterocycles. The minimum Gasteiger partial charge on any atom is -0.373 e. The van der Waals surface area contributed by atoms with E-state index in [1.165, 1.54) is 0 Å². The molecule has 5 atom stereocenters. The number of ether oxygens (including phenoxy) is 1. The summed E-state index contributed by atoms with van der Waals surface area (Å²) in [7, 11) is 3.97. The molecule has 0 spiro atoms. The van der Waals surface area contributed by atoms with Crippen molar-refractivity contribution in [3.05, 3.63) is 0 Å². The summed E-state index contributed by atoms with van der Waals surface area (Å²) >= 11 is 0. The highest BCUT2D eigenvalue weighted by Gasteiger charge is 2.33. The van der Waals surface area contributed by atoms with Crippen molar-refractivity contribution in [2.75, 3.05) is 40.3 Å². The van der Waals surface area contributed by atoms with Gasteiger partial charge in [0.05, 0.1) is 12.2 Å². The van der Waals surface area contributed by atoms with Crippen LogP contribution in [0.3, 0.4) is 0 Å². The Morgan fingerprint density at radius 3 is 2.42 bits per heavy atom. The van der Waals surface area contributed by atoms with Gasteiger partial charge in [-0.2, -0.15) is 0 Å². The molecule has 142 valence electrons. The second-order valence-corrected chi connectivity index (χ2v) is 8.37. The molecule has 0 N–H and O–H groups in total. The molecule has 0 aromatic carbocycles. The Kier molecular flexibility index (Phi) is 7.47. The van der Waals surface area contributed by atoms with E-state index in [1.54, 1.807) is 0 Å². The van der Waals surface area contributed by atoms with Gasteiger partial charge in [-0.1, -0.05) is 0 Å². The molecule has 0 saturated carbocycles. The van der Waals surface area contributed by atoms with E-state index >= 15 is 0 Å². The molecule has 0 aliphatic carbocycles. The van der Waals surface area contributed by atoms with Crippen LogP contribution < -0.4 is 0 Å². The SMILES string of the molecule is CC(C)N1C[C@H](CCC(C)N2CCC(N(C)C)C(F)C2)O[C@H](C)C1. The number of likely N-dealkylation sites (tertiary alicyclic amines) is 1. The van der Waals surface area contributed by atoms with Gasteiger partial charge in [-0.05, 0) is 61.1 Å². The van der Waals surface area contributed by atoms with Gasteiger partial charge in [0.1, 0.15) is 6.17 Å². The molecule has 3 unspecified atom stereocenters. The van der Waals surface area contributed by atoms with Crippen molar-refractivity contribution in [2.45, 2.75) is 83.5 Å². The van der Waals surface area contributed by atoms with E-state index in [0.717, 1.165) is 38.9 Å². The van der Waals surface area contributed by atoms with Crippen LogP contribution in [-0.4, -0.2) is 91.5 Å². The second-order valence-electron chi connectivity index (χ2n) is 8.37. The van der Waals surface area contributed by atoms with Crippen molar-refractivity contribution >= 4 is 0 Å². The summed E-state index contributed by atoms with van der Waals surface area (Å²) in [6.45, 7) is 12.6. The lowest BCUT2D eigenvalue weighted by Crippen LogP contribution is -2.53. The highest BCUT2D eigenvalue weighted by molar-refractivity contribution is 4.88. The van der Waals surface area contributed by atoms with Gasteiger partial charge in [0.25, 0.3) is 0 Å². The number of piperidine rings is 1. The Bertz CT molecular complexity index is 380. The third-order valence-electron chi connectivity index (χ3n) is 5.82. The summed E-state index contributed by atoms with van der Waals surface area (Å²) in [5.41, 5.74) is 0. The molecule has 0 bridgehead atoms. The summed E-state index contributed by atoms with van der Waals surface area (Å²) in [4.78, 5) is 6.88. The first-order valence-corrected chi connectivity index (χ1v) is 9.72. The minimum atomic E-state index is -0.737. The normalized spacial score (nSPS) is 34.9. The van der Waals surface area contributed by atoms with Crippen LogP contribution in [0, 0.1) is 0 Å². The van der Waals surface area contributed by atoms with Gasteiger partial charge in [-0.3, -0.25) is 9.80 Å². The van der Waals surface area contributed by atoms with Gasteiger partial charge in [-0.15, -0.1) is 0 Å². The third-order valence-corrected chi connectivity index (χ3v) is 5.82. The molecule has 5 heteroatoms. The molecule has 0 radical (unpaired) electrons. The first-order valence-electron chi connectivity index (χ1n) is 9.72. The van der Waals surface area contributed by atoms with E-state index in [0.29, 0.717) is 30.8 Å².